The van der Waals surface area contributed by atoms with E-state index in [9.17, 15) is 4.79 Å². The van der Waals surface area contributed by atoms with Crippen molar-refractivity contribution in [3.63, 3.8) is 0 Å². The Morgan fingerprint density at radius 3 is 2.65 bits per heavy atom. The molecule has 0 amide bonds. The highest BCUT2D eigenvalue weighted by molar-refractivity contribution is 5.88. The predicted molar refractivity (Wildman–Crippen MR) is 77.4 cm³/mol. The number of hydrogen-bond donors (Lipinski definition) is 1. The molecule has 0 atom stereocenters. The van der Waals surface area contributed by atoms with Gasteiger partial charge >= 0.3 is 5.97 Å². The zero-order chi connectivity index (χ0) is 14.5. The fraction of sp³-hybridized carbons (Fsp3) is 0.625. The van der Waals surface area contributed by atoms with Crippen molar-refractivity contribution in [2.24, 2.45) is 5.92 Å². The first-order valence-electron chi connectivity index (χ1n) is 7.44. The highest BCUT2D eigenvalue weighted by Gasteiger charge is 2.16. The fourth-order valence-electron chi connectivity index (χ4n) is 2.58. The molecule has 1 aromatic heterocycles. The lowest BCUT2D eigenvalue weighted by Gasteiger charge is -2.21. The summed E-state index contributed by atoms with van der Waals surface area (Å²) in [7, 11) is 0. The number of aromatic carboxylic acids is 1. The van der Waals surface area contributed by atoms with Crippen molar-refractivity contribution in [3.8, 4) is 5.88 Å². The summed E-state index contributed by atoms with van der Waals surface area (Å²) in [6.45, 7) is 4.64. The Kier molecular flexibility index (Phi) is 4.99. The Labute approximate surface area is 120 Å². The fourth-order valence-corrected chi connectivity index (χ4v) is 2.58. The normalized spacial score (nSPS) is 16.4. The van der Waals surface area contributed by atoms with Gasteiger partial charge in [-0.3, -0.25) is 0 Å². The molecule has 2 rings (SSSR count). The van der Waals surface area contributed by atoms with Gasteiger partial charge in [0.1, 0.15) is 0 Å². The van der Waals surface area contributed by atoms with E-state index in [1.165, 1.54) is 38.2 Å². The van der Waals surface area contributed by atoms with Crippen LogP contribution in [0, 0.1) is 5.92 Å². The smallest absolute Gasteiger partial charge is 0.335 e. The minimum Gasteiger partial charge on any atom is -0.478 e. The van der Waals surface area contributed by atoms with Crippen molar-refractivity contribution < 1.29 is 14.6 Å². The number of pyridine rings is 1. The van der Waals surface area contributed by atoms with Crippen molar-refractivity contribution >= 4 is 5.97 Å². The molecule has 1 heterocycles. The molecule has 0 spiro atoms. The van der Waals surface area contributed by atoms with Gasteiger partial charge in [0.05, 0.1) is 12.2 Å². The zero-order valence-corrected chi connectivity index (χ0v) is 12.3. The topological polar surface area (TPSA) is 59.4 Å². The van der Waals surface area contributed by atoms with Crippen LogP contribution in [0.1, 0.15) is 67.9 Å². The maximum absolute atomic E-state index is 11.2. The third-order valence-corrected chi connectivity index (χ3v) is 3.85. The van der Waals surface area contributed by atoms with Crippen LogP contribution in [0.4, 0.5) is 0 Å². The van der Waals surface area contributed by atoms with Crippen LogP contribution < -0.4 is 4.74 Å². The van der Waals surface area contributed by atoms with Gasteiger partial charge in [-0.05, 0) is 30.7 Å². The van der Waals surface area contributed by atoms with E-state index in [1.54, 1.807) is 6.07 Å². The lowest BCUT2D eigenvalue weighted by molar-refractivity contribution is 0.0695. The van der Waals surface area contributed by atoms with Crippen molar-refractivity contribution in [3.05, 3.63) is 23.4 Å². The third kappa shape index (κ3) is 3.95. The molecule has 0 radical (unpaired) electrons. The van der Waals surface area contributed by atoms with Crippen molar-refractivity contribution in [2.45, 2.75) is 51.9 Å². The average molecular weight is 277 g/mol. The molecule has 0 aromatic carbocycles. The van der Waals surface area contributed by atoms with Gasteiger partial charge in [0.25, 0.3) is 0 Å². The molecule has 4 heteroatoms. The molecule has 1 aliphatic carbocycles. The maximum atomic E-state index is 11.2. The minimum absolute atomic E-state index is 0.186. The second-order valence-corrected chi connectivity index (χ2v) is 5.89. The number of carboxylic acid groups (broad SMARTS) is 1. The summed E-state index contributed by atoms with van der Waals surface area (Å²) in [5.41, 5.74) is 1.02. The molecule has 1 saturated carbocycles. The molecule has 1 N–H and O–H groups in total. The molecule has 0 saturated heterocycles. The minimum atomic E-state index is -0.934. The SMILES string of the molecule is CC(C)c1cc(C(=O)O)cc(OCC2CCCCC2)n1. The monoisotopic (exact) mass is 277 g/mol. The van der Waals surface area contributed by atoms with Crippen LogP contribution in [0.25, 0.3) is 0 Å². The Balaban J connectivity index is 2.07. The summed E-state index contributed by atoms with van der Waals surface area (Å²) >= 11 is 0. The zero-order valence-electron chi connectivity index (χ0n) is 12.3. The van der Waals surface area contributed by atoms with Crippen LogP contribution in [0.2, 0.25) is 0 Å². The summed E-state index contributed by atoms with van der Waals surface area (Å²) in [6, 6.07) is 3.15. The molecule has 4 nitrogen and oxygen atoms in total. The molecular formula is C16H23NO3. The van der Waals surface area contributed by atoms with Crippen LogP contribution in [0.5, 0.6) is 5.88 Å². The van der Waals surface area contributed by atoms with Gasteiger partial charge < -0.3 is 9.84 Å². The largest absolute Gasteiger partial charge is 0.478 e. The third-order valence-electron chi connectivity index (χ3n) is 3.85. The Bertz CT molecular complexity index is 465. The quantitative estimate of drug-likeness (QED) is 0.887. The van der Waals surface area contributed by atoms with E-state index in [-0.39, 0.29) is 11.5 Å². The lowest BCUT2D eigenvalue weighted by atomic mass is 9.90. The van der Waals surface area contributed by atoms with E-state index in [2.05, 4.69) is 4.98 Å². The van der Waals surface area contributed by atoms with E-state index < -0.39 is 5.97 Å². The Morgan fingerprint density at radius 1 is 1.35 bits per heavy atom. The number of rotatable bonds is 5. The summed E-state index contributed by atoms with van der Waals surface area (Å²) in [4.78, 5) is 15.6. The molecule has 1 fully saturated rings. The van der Waals surface area contributed by atoms with Crippen LogP contribution in [-0.4, -0.2) is 22.7 Å². The number of carboxylic acids is 1. The van der Waals surface area contributed by atoms with E-state index in [0.29, 0.717) is 18.4 Å². The van der Waals surface area contributed by atoms with Gasteiger partial charge in [0.15, 0.2) is 0 Å². The van der Waals surface area contributed by atoms with E-state index in [0.717, 1.165) is 5.69 Å². The van der Waals surface area contributed by atoms with Crippen molar-refractivity contribution in [2.75, 3.05) is 6.61 Å². The first kappa shape index (κ1) is 14.8. The van der Waals surface area contributed by atoms with E-state index >= 15 is 0 Å². The van der Waals surface area contributed by atoms with E-state index in [4.69, 9.17) is 9.84 Å². The number of ether oxygens (including phenoxy) is 1. The first-order chi connectivity index (χ1) is 9.56. The van der Waals surface area contributed by atoms with Gasteiger partial charge in [-0.25, -0.2) is 9.78 Å². The van der Waals surface area contributed by atoms with Crippen LogP contribution in [0.15, 0.2) is 12.1 Å². The molecule has 0 unspecified atom stereocenters. The van der Waals surface area contributed by atoms with Crippen molar-refractivity contribution in [1.29, 1.82) is 0 Å². The molecule has 1 aromatic rings. The summed E-state index contributed by atoms with van der Waals surface area (Å²) in [5.74, 6) is 0.281. The standard InChI is InChI=1S/C16H23NO3/c1-11(2)14-8-13(16(18)19)9-15(17-14)20-10-12-6-4-3-5-7-12/h8-9,11-12H,3-7,10H2,1-2H3,(H,18,19). The van der Waals surface area contributed by atoms with Gasteiger partial charge in [0.2, 0.25) is 5.88 Å². The highest BCUT2D eigenvalue weighted by Crippen LogP contribution is 2.25. The summed E-state index contributed by atoms with van der Waals surface area (Å²) in [6.07, 6.45) is 6.27. The first-order valence-corrected chi connectivity index (χ1v) is 7.44. The highest BCUT2D eigenvalue weighted by atomic mass is 16.5. The molecule has 0 bridgehead atoms. The molecule has 1 aliphatic rings. The van der Waals surface area contributed by atoms with E-state index in [1.807, 2.05) is 13.8 Å². The number of hydrogen-bond acceptors (Lipinski definition) is 3. The number of carbonyl (C=O) groups is 1. The van der Waals surface area contributed by atoms with Gasteiger partial charge in [-0.15, -0.1) is 0 Å². The molecular weight excluding hydrogens is 254 g/mol. The summed E-state index contributed by atoms with van der Waals surface area (Å²) in [5, 5.41) is 9.15. The maximum Gasteiger partial charge on any atom is 0.335 e. The second-order valence-electron chi connectivity index (χ2n) is 5.89. The van der Waals surface area contributed by atoms with Gasteiger partial charge in [-0.2, -0.15) is 0 Å². The molecule has 20 heavy (non-hydrogen) atoms. The Morgan fingerprint density at radius 2 is 2.05 bits per heavy atom. The average Bonchev–Trinajstić information content (AvgIpc) is 2.45. The number of aromatic nitrogens is 1. The van der Waals surface area contributed by atoms with Crippen LogP contribution >= 0.6 is 0 Å². The number of nitrogens with zero attached hydrogens (tertiary/aromatic N) is 1. The van der Waals surface area contributed by atoms with Gasteiger partial charge in [-0.1, -0.05) is 33.1 Å². The lowest BCUT2D eigenvalue weighted by Crippen LogP contribution is -2.16. The van der Waals surface area contributed by atoms with Gasteiger partial charge in [0, 0.05) is 11.8 Å². The van der Waals surface area contributed by atoms with Crippen molar-refractivity contribution in [1.82, 2.24) is 4.98 Å². The summed E-state index contributed by atoms with van der Waals surface area (Å²) < 4.78 is 5.75. The molecule has 0 aliphatic heterocycles. The van der Waals surface area contributed by atoms with Crippen LogP contribution in [0.3, 0.4) is 0 Å². The predicted octanol–water partition coefficient (Wildman–Crippen LogP) is 3.86. The molecule has 110 valence electrons. The van der Waals surface area contributed by atoms with Crippen LogP contribution in [-0.2, 0) is 0 Å². The Hall–Kier alpha value is -1.58. The second kappa shape index (κ2) is 6.73.